The van der Waals surface area contributed by atoms with E-state index >= 15 is 0 Å². The Kier molecular flexibility index (Phi) is 3.36. The molecular formula is C10H10F2O3. The van der Waals surface area contributed by atoms with Gasteiger partial charge in [0.25, 0.3) is 0 Å². The van der Waals surface area contributed by atoms with Gasteiger partial charge >= 0.3 is 5.97 Å². The van der Waals surface area contributed by atoms with Gasteiger partial charge in [-0.05, 0) is 17.7 Å². The molecule has 2 atom stereocenters. The van der Waals surface area contributed by atoms with E-state index in [1.165, 1.54) is 13.0 Å². The molecule has 2 unspecified atom stereocenters. The molecule has 0 aliphatic carbocycles. The number of hydrogen-bond donors (Lipinski definition) is 2. The Morgan fingerprint density at radius 2 is 1.93 bits per heavy atom. The van der Waals surface area contributed by atoms with Gasteiger partial charge in [0.2, 0.25) is 0 Å². The van der Waals surface area contributed by atoms with Crippen LogP contribution in [0.5, 0.6) is 0 Å². The monoisotopic (exact) mass is 216 g/mol. The lowest BCUT2D eigenvalue weighted by molar-refractivity contribution is -0.147. The van der Waals surface area contributed by atoms with Gasteiger partial charge in [0.15, 0.2) is 17.7 Å². The van der Waals surface area contributed by atoms with Gasteiger partial charge < -0.3 is 10.2 Å². The van der Waals surface area contributed by atoms with Gasteiger partial charge in [-0.1, -0.05) is 13.0 Å². The van der Waals surface area contributed by atoms with Crippen LogP contribution in [0.25, 0.3) is 0 Å². The highest BCUT2D eigenvalue weighted by atomic mass is 19.2. The fraction of sp³-hybridized carbons (Fsp3) is 0.300. The van der Waals surface area contributed by atoms with Crippen molar-refractivity contribution in [2.45, 2.75) is 18.9 Å². The van der Waals surface area contributed by atoms with Gasteiger partial charge in [0, 0.05) is 5.92 Å². The predicted molar refractivity (Wildman–Crippen MR) is 48.4 cm³/mol. The minimum atomic E-state index is -1.63. The third-order valence-electron chi connectivity index (χ3n) is 2.20. The Bertz CT molecular complexity index is 379. The summed E-state index contributed by atoms with van der Waals surface area (Å²) in [7, 11) is 0. The molecule has 3 nitrogen and oxygen atoms in total. The van der Waals surface area contributed by atoms with Crippen molar-refractivity contribution < 1.29 is 23.8 Å². The zero-order valence-electron chi connectivity index (χ0n) is 7.95. The summed E-state index contributed by atoms with van der Waals surface area (Å²) >= 11 is 0. The zero-order chi connectivity index (χ0) is 11.6. The van der Waals surface area contributed by atoms with Crippen molar-refractivity contribution in [2.75, 3.05) is 0 Å². The summed E-state index contributed by atoms with van der Waals surface area (Å²) in [6.45, 7) is 1.42. The molecular weight excluding hydrogens is 206 g/mol. The number of carboxylic acids is 1. The fourth-order valence-corrected chi connectivity index (χ4v) is 1.19. The smallest absolute Gasteiger partial charge is 0.333 e. The zero-order valence-corrected chi connectivity index (χ0v) is 7.95. The summed E-state index contributed by atoms with van der Waals surface area (Å²) in [5, 5.41) is 17.7. The van der Waals surface area contributed by atoms with E-state index in [0.717, 1.165) is 12.1 Å². The molecule has 5 heteroatoms. The maximum atomic E-state index is 12.8. The average molecular weight is 216 g/mol. The Labute approximate surface area is 85.0 Å². The number of aliphatic carboxylic acids is 1. The van der Waals surface area contributed by atoms with E-state index in [9.17, 15) is 18.7 Å². The molecule has 0 bridgehead atoms. The molecule has 82 valence electrons. The van der Waals surface area contributed by atoms with Gasteiger partial charge in [-0.25, -0.2) is 13.6 Å². The summed E-state index contributed by atoms with van der Waals surface area (Å²) in [6, 6.07) is 3.02. The molecule has 1 rings (SSSR count). The Morgan fingerprint density at radius 3 is 2.40 bits per heavy atom. The lowest BCUT2D eigenvalue weighted by Crippen LogP contribution is -2.25. The number of aliphatic hydroxyl groups is 1. The summed E-state index contributed by atoms with van der Waals surface area (Å²) in [5.41, 5.74) is 0.240. The predicted octanol–water partition coefficient (Wildman–Crippen LogP) is 1.51. The molecule has 1 aromatic carbocycles. The van der Waals surface area contributed by atoms with Crippen molar-refractivity contribution in [3.05, 3.63) is 35.4 Å². The molecule has 1 aromatic rings. The van der Waals surface area contributed by atoms with Gasteiger partial charge in [0.1, 0.15) is 0 Å². The van der Waals surface area contributed by atoms with E-state index in [4.69, 9.17) is 5.11 Å². The molecule has 0 radical (unpaired) electrons. The molecule has 0 heterocycles. The number of hydrogen-bond acceptors (Lipinski definition) is 2. The van der Waals surface area contributed by atoms with Crippen LogP contribution in [-0.2, 0) is 4.79 Å². The third-order valence-corrected chi connectivity index (χ3v) is 2.20. The van der Waals surface area contributed by atoms with Crippen molar-refractivity contribution in [2.24, 2.45) is 0 Å². The first-order valence-electron chi connectivity index (χ1n) is 4.29. The van der Waals surface area contributed by atoms with Crippen molar-refractivity contribution in [3.8, 4) is 0 Å². The number of carbonyl (C=O) groups is 1. The summed E-state index contributed by atoms with van der Waals surface area (Å²) in [6.07, 6.45) is -1.63. The van der Waals surface area contributed by atoms with Crippen molar-refractivity contribution >= 4 is 5.97 Å². The second-order valence-corrected chi connectivity index (χ2v) is 3.25. The lowest BCUT2D eigenvalue weighted by Gasteiger charge is -2.15. The first-order chi connectivity index (χ1) is 6.93. The summed E-state index contributed by atoms with van der Waals surface area (Å²) in [4.78, 5) is 10.4. The quantitative estimate of drug-likeness (QED) is 0.805. The molecule has 0 aromatic heterocycles. The van der Waals surface area contributed by atoms with E-state index < -0.39 is 29.6 Å². The van der Waals surface area contributed by atoms with E-state index in [-0.39, 0.29) is 5.56 Å². The molecule has 0 spiro atoms. The third kappa shape index (κ3) is 2.50. The van der Waals surface area contributed by atoms with Crippen LogP contribution in [0.3, 0.4) is 0 Å². The van der Waals surface area contributed by atoms with E-state index in [0.29, 0.717) is 0 Å². The van der Waals surface area contributed by atoms with Crippen LogP contribution in [-0.4, -0.2) is 22.3 Å². The molecule has 0 amide bonds. The van der Waals surface area contributed by atoms with Crippen LogP contribution in [0.2, 0.25) is 0 Å². The summed E-state index contributed by atoms with van der Waals surface area (Å²) < 4.78 is 25.4. The number of carboxylic acid groups (broad SMARTS) is 1. The standard InChI is InChI=1S/C10H10F2O3/c1-5(9(13)10(14)15)6-2-3-7(11)8(12)4-6/h2-5,9,13H,1H3,(H,14,15). The van der Waals surface area contributed by atoms with Gasteiger partial charge in [-0.2, -0.15) is 0 Å². The average Bonchev–Trinajstić information content (AvgIpc) is 2.19. The number of benzene rings is 1. The van der Waals surface area contributed by atoms with E-state index in [1.54, 1.807) is 0 Å². The second kappa shape index (κ2) is 4.35. The van der Waals surface area contributed by atoms with Crippen LogP contribution < -0.4 is 0 Å². The molecule has 0 aliphatic rings. The van der Waals surface area contributed by atoms with Crippen LogP contribution in [0.4, 0.5) is 8.78 Å². The van der Waals surface area contributed by atoms with Crippen molar-refractivity contribution in [1.82, 2.24) is 0 Å². The molecule has 2 N–H and O–H groups in total. The number of aliphatic hydroxyl groups excluding tert-OH is 1. The molecule has 0 saturated heterocycles. The Hall–Kier alpha value is -1.49. The van der Waals surface area contributed by atoms with Crippen molar-refractivity contribution in [3.63, 3.8) is 0 Å². The second-order valence-electron chi connectivity index (χ2n) is 3.25. The minimum absolute atomic E-state index is 0.240. The topological polar surface area (TPSA) is 57.5 Å². The van der Waals surface area contributed by atoms with Crippen LogP contribution >= 0.6 is 0 Å². The first kappa shape index (κ1) is 11.6. The SMILES string of the molecule is CC(c1ccc(F)c(F)c1)C(O)C(=O)O. The van der Waals surface area contributed by atoms with E-state index in [2.05, 4.69) is 0 Å². The Morgan fingerprint density at radius 1 is 1.33 bits per heavy atom. The fourth-order valence-electron chi connectivity index (χ4n) is 1.19. The highest BCUT2D eigenvalue weighted by Gasteiger charge is 2.23. The maximum Gasteiger partial charge on any atom is 0.333 e. The number of halogens is 2. The molecule has 0 saturated carbocycles. The van der Waals surface area contributed by atoms with Crippen LogP contribution in [0, 0.1) is 11.6 Å². The van der Waals surface area contributed by atoms with Gasteiger partial charge in [0.05, 0.1) is 0 Å². The highest BCUT2D eigenvalue weighted by Crippen LogP contribution is 2.21. The molecule has 0 aliphatic heterocycles. The first-order valence-corrected chi connectivity index (χ1v) is 4.29. The maximum absolute atomic E-state index is 12.8. The van der Waals surface area contributed by atoms with Crippen LogP contribution in [0.1, 0.15) is 18.4 Å². The van der Waals surface area contributed by atoms with Gasteiger partial charge in [-0.15, -0.1) is 0 Å². The van der Waals surface area contributed by atoms with Gasteiger partial charge in [-0.3, -0.25) is 0 Å². The summed E-state index contributed by atoms with van der Waals surface area (Å²) in [5.74, 6) is -4.25. The largest absolute Gasteiger partial charge is 0.479 e. The molecule has 0 fully saturated rings. The van der Waals surface area contributed by atoms with Crippen LogP contribution in [0.15, 0.2) is 18.2 Å². The molecule has 15 heavy (non-hydrogen) atoms. The highest BCUT2D eigenvalue weighted by molar-refractivity contribution is 5.73. The van der Waals surface area contributed by atoms with Crippen molar-refractivity contribution in [1.29, 1.82) is 0 Å². The lowest BCUT2D eigenvalue weighted by atomic mass is 9.95. The minimum Gasteiger partial charge on any atom is -0.479 e. The Balaban J connectivity index is 2.96. The normalized spacial score (nSPS) is 14.7. The number of rotatable bonds is 3. The van der Waals surface area contributed by atoms with E-state index in [1.807, 2.05) is 0 Å².